The second-order valence-corrected chi connectivity index (χ2v) is 5.81. The molecule has 1 heterocycles. The molecular weight excluding hydrogens is 340 g/mol. The van der Waals surface area contributed by atoms with E-state index in [0.29, 0.717) is 27.3 Å². The number of carbonyl (C=O) groups excluding carboxylic acids is 1. The number of nitrogens with one attached hydrogen (secondary N) is 1. The predicted octanol–water partition coefficient (Wildman–Crippen LogP) is 3.89. The zero-order valence-electron chi connectivity index (χ0n) is 13.4. The lowest BCUT2D eigenvalue weighted by atomic mass is 10.2. The van der Waals surface area contributed by atoms with Crippen LogP contribution < -0.4 is 5.56 Å². The Kier molecular flexibility index (Phi) is 4.95. The van der Waals surface area contributed by atoms with Crippen LogP contribution in [0, 0.1) is 0 Å². The number of hydrogen-bond acceptors (Lipinski definition) is 4. The topological polar surface area (TPSA) is 72.0 Å². The molecule has 0 saturated heterocycles. The van der Waals surface area contributed by atoms with Crippen molar-refractivity contribution in [1.29, 1.82) is 0 Å². The lowest BCUT2D eigenvalue weighted by Crippen LogP contribution is -2.16. The van der Waals surface area contributed by atoms with E-state index in [9.17, 15) is 9.59 Å². The van der Waals surface area contributed by atoms with Crippen LogP contribution in [0.25, 0.3) is 17.0 Å². The second kappa shape index (κ2) is 7.32. The largest absolute Gasteiger partial charge is 0.451 e. The van der Waals surface area contributed by atoms with Gasteiger partial charge >= 0.3 is 5.97 Å². The third-order valence-electron chi connectivity index (χ3n) is 3.61. The number of halogens is 1. The van der Waals surface area contributed by atoms with Gasteiger partial charge in [0.15, 0.2) is 11.9 Å². The molecule has 1 N–H and O–H groups in total. The first kappa shape index (κ1) is 16.9. The minimum absolute atomic E-state index is 0.268. The van der Waals surface area contributed by atoms with Crippen LogP contribution in [0.4, 0.5) is 0 Å². The molecule has 25 heavy (non-hydrogen) atoms. The lowest BCUT2D eigenvalue weighted by molar-refractivity contribution is -0.142. The zero-order chi connectivity index (χ0) is 17.8. The molecule has 3 rings (SSSR count). The number of aromatic amines is 1. The van der Waals surface area contributed by atoms with E-state index in [2.05, 4.69) is 9.97 Å². The minimum atomic E-state index is -0.694. The molecular formula is C19H15ClN2O3. The average molecular weight is 355 g/mol. The van der Waals surface area contributed by atoms with Gasteiger partial charge in [-0.2, -0.15) is 0 Å². The molecule has 1 atom stereocenters. The lowest BCUT2D eigenvalue weighted by Gasteiger charge is -2.11. The maximum absolute atomic E-state index is 12.1. The van der Waals surface area contributed by atoms with E-state index in [4.69, 9.17) is 16.3 Å². The molecule has 0 aliphatic rings. The molecule has 0 bridgehead atoms. The Labute approximate surface area is 148 Å². The summed E-state index contributed by atoms with van der Waals surface area (Å²) < 4.78 is 5.30. The number of hydrogen-bond donors (Lipinski definition) is 1. The van der Waals surface area contributed by atoms with Crippen molar-refractivity contribution >= 4 is 34.5 Å². The monoisotopic (exact) mass is 354 g/mol. The van der Waals surface area contributed by atoms with Gasteiger partial charge in [0.2, 0.25) is 0 Å². The van der Waals surface area contributed by atoms with Crippen LogP contribution in [-0.2, 0) is 9.53 Å². The van der Waals surface area contributed by atoms with Gasteiger partial charge in [-0.25, -0.2) is 9.78 Å². The normalized spacial score (nSPS) is 12.4. The maximum atomic E-state index is 12.1. The number of H-pyrrole nitrogens is 1. The Morgan fingerprint density at radius 2 is 1.92 bits per heavy atom. The van der Waals surface area contributed by atoms with E-state index in [1.165, 1.54) is 6.08 Å². The van der Waals surface area contributed by atoms with Crippen molar-refractivity contribution in [3.63, 3.8) is 0 Å². The van der Waals surface area contributed by atoms with Crippen LogP contribution in [-0.4, -0.2) is 15.9 Å². The van der Waals surface area contributed by atoms with Crippen LogP contribution in [0.5, 0.6) is 0 Å². The van der Waals surface area contributed by atoms with Crippen molar-refractivity contribution in [3.8, 4) is 0 Å². The first-order valence-corrected chi connectivity index (χ1v) is 8.04. The Balaban J connectivity index is 1.76. The fourth-order valence-corrected chi connectivity index (χ4v) is 2.53. The number of fused-ring (bicyclic) bond motifs is 1. The van der Waals surface area contributed by atoms with E-state index in [0.717, 1.165) is 0 Å². The Morgan fingerprint density at radius 1 is 1.20 bits per heavy atom. The molecule has 0 unspecified atom stereocenters. The Morgan fingerprint density at radius 3 is 2.72 bits per heavy atom. The fourth-order valence-electron chi connectivity index (χ4n) is 2.33. The van der Waals surface area contributed by atoms with Crippen molar-refractivity contribution in [2.24, 2.45) is 0 Å². The van der Waals surface area contributed by atoms with E-state index >= 15 is 0 Å². The number of esters is 1. The van der Waals surface area contributed by atoms with Crippen molar-refractivity contribution < 1.29 is 9.53 Å². The highest BCUT2D eigenvalue weighted by Crippen LogP contribution is 2.18. The Bertz CT molecular complexity index is 1010. The third kappa shape index (κ3) is 3.95. The summed E-state index contributed by atoms with van der Waals surface area (Å²) in [4.78, 5) is 31.1. The van der Waals surface area contributed by atoms with E-state index in [1.54, 1.807) is 49.4 Å². The van der Waals surface area contributed by atoms with E-state index in [-0.39, 0.29) is 5.56 Å². The number of carbonyl (C=O) groups is 1. The Hall–Kier alpha value is -2.92. The number of benzene rings is 2. The van der Waals surface area contributed by atoms with Gasteiger partial charge in [-0.15, -0.1) is 0 Å². The summed E-state index contributed by atoms with van der Waals surface area (Å²) in [5, 5.41) is 1.03. The highest BCUT2D eigenvalue weighted by atomic mass is 35.5. The summed E-state index contributed by atoms with van der Waals surface area (Å²) in [6.45, 7) is 1.65. The van der Waals surface area contributed by atoms with Crippen molar-refractivity contribution in [2.45, 2.75) is 13.0 Å². The number of aromatic nitrogens is 2. The molecule has 0 fully saturated rings. The number of nitrogens with zero attached hydrogens (tertiary/aromatic N) is 1. The van der Waals surface area contributed by atoms with Crippen molar-refractivity contribution in [2.75, 3.05) is 0 Å². The molecule has 1 aromatic heterocycles. The van der Waals surface area contributed by atoms with E-state index in [1.807, 2.05) is 12.1 Å². The summed E-state index contributed by atoms with van der Waals surface area (Å²) in [5.41, 5.74) is 0.997. The fraction of sp³-hybridized carbons (Fsp3) is 0.105. The summed E-state index contributed by atoms with van der Waals surface area (Å²) in [7, 11) is 0. The van der Waals surface area contributed by atoms with Crippen LogP contribution in [0.3, 0.4) is 0 Å². The van der Waals surface area contributed by atoms with E-state index < -0.39 is 12.1 Å². The number of para-hydroxylation sites is 1. The first-order chi connectivity index (χ1) is 12.0. The van der Waals surface area contributed by atoms with Gasteiger partial charge in [-0.3, -0.25) is 4.79 Å². The molecule has 0 spiro atoms. The molecule has 0 radical (unpaired) electrons. The van der Waals surface area contributed by atoms with Gasteiger partial charge in [0, 0.05) is 11.1 Å². The van der Waals surface area contributed by atoms with Crippen molar-refractivity contribution in [3.05, 3.63) is 81.4 Å². The van der Waals surface area contributed by atoms with Gasteiger partial charge in [-0.1, -0.05) is 41.9 Å². The smallest absolute Gasteiger partial charge is 0.331 e. The average Bonchev–Trinajstić information content (AvgIpc) is 2.61. The summed E-state index contributed by atoms with van der Waals surface area (Å²) in [6, 6.07) is 14.1. The summed E-state index contributed by atoms with van der Waals surface area (Å²) in [5.74, 6) is -0.258. The molecule has 5 nitrogen and oxygen atoms in total. The zero-order valence-corrected chi connectivity index (χ0v) is 14.2. The highest BCUT2D eigenvalue weighted by molar-refractivity contribution is 6.32. The van der Waals surface area contributed by atoms with Gasteiger partial charge in [0.25, 0.3) is 5.56 Å². The molecule has 0 aliphatic carbocycles. The molecule has 3 aromatic rings. The maximum Gasteiger partial charge on any atom is 0.331 e. The van der Waals surface area contributed by atoms with Crippen LogP contribution in [0.1, 0.15) is 24.4 Å². The molecule has 2 aromatic carbocycles. The van der Waals surface area contributed by atoms with Crippen LogP contribution in [0.2, 0.25) is 5.02 Å². The first-order valence-electron chi connectivity index (χ1n) is 7.67. The second-order valence-electron chi connectivity index (χ2n) is 5.40. The molecule has 126 valence electrons. The molecule has 0 amide bonds. The highest BCUT2D eigenvalue weighted by Gasteiger charge is 2.14. The molecule has 0 aliphatic heterocycles. The minimum Gasteiger partial charge on any atom is -0.451 e. The third-order valence-corrected chi connectivity index (χ3v) is 3.96. The number of rotatable bonds is 4. The van der Waals surface area contributed by atoms with Gasteiger partial charge in [0.05, 0.1) is 10.9 Å². The molecule has 0 saturated carbocycles. The predicted molar refractivity (Wildman–Crippen MR) is 97.4 cm³/mol. The summed E-state index contributed by atoms with van der Waals surface area (Å²) in [6.07, 6.45) is 2.17. The summed E-state index contributed by atoms with van der Waals surface area (Å²) >= 11 is 6.03. The van der Waals surface area contributed by atoms with Crippen molar-refractivity contribution in [1.82, 2.24) is 9.97 Å². The van der Waals surface area contributed by atoms with Gasteiger partial charge in [0.1, 0.15) is 0 Å². The molecule has 6 heteroatoms. The quantitative estimate of drug-likeness (QED) is 0.569. The van der Waals surface area contributed by atoms with Crippen LogP contribution >= 0.6 is 11.6 Å². The van der Waals surface area contributed by atoms with Gasteiger partial charge in [-0.05, 0) is 36.8 Å². The standard InChI is InChI=1S/C19H15ClN2O3/c1-12(18-21-16-9-5-3-7-14(16)19(24)22-18)25-17(23)11-10-13-6-2-4-8-15(13)20/h2-12H,1H3,(H,21,22,24)/b11-10+/t12-/m1/s1. The SMILES string of the molecule is C[C@@H](OC(=O)/C=C/c1ccccc1Cl)c1nc2ccccc2c(=O)[nH]1. The van der Waals surface area contributed by atoms with Gasteiger partial charge < -0.3 is 9.72 Å². The number of ether oxygens (including phenoxy) is 1. The van der Waals surface area contributed by atoms with Crippen LogP contribution in [0.15, 0.2) is 59.4 Å².